The maximum absolute atomic E-state index is 12.8. The van der Waals surface area contributed by atoms with Crippen molar-refractivity contribution in [3.8, 4) is 0 Å². The second-order valence-electron chi connectivity index (χ2n) is 9.20. The van der Waals surface area contributed by atoms with Crippen LogP contribution < -0.4 is 5.32 Å². The van der Waals surface area contributed by atoms with Crippen molar-refractivity contribution in [3.63, 3.8) is 0 Å². The molecule has 0 unspecified atom stereocenters. The molecule has 24 heavy (non-hydrogen) atoms. The van der Waals surface area contributed by atoms with Crippen molar-refractivity contribution >= 4 is 5.91 Å². The first-order chi connectivity index (χ1) is 11.6. The maximum Gasteiger partial charge on any atom is 0.272 e. The van der Waals surface area contributed by atoms with Crippen molar-refractivity contribution in [2.45, 2.75) is 76.7 Å². The van der Waals surface area contributed by atoms with Crippen molar-refractivity contribution in [1.29, 1.82) is 0 Å². The van der Waals surface area contributed by atoms with Crippen LogP contribution in [0, 0.1) is 23.2 Å². The molecule has 130 valence electrons. The van der Waals surface area contributed by atoms with Gasteiger partial charge in [-0.3, -0.25) is 9.89 Å². The number of carbonyl (C=O) groups excluding carboxylic acids is 1. The van der Waals surface area contributed by atoms with Gasteiger partial charge in [0.1, 0.15) is 5.69 Å². The van der Waals surface area contributed by atoms with E-state index in [-0.39, 0.29) is 5.91 Å². The predicted octanol–water partition coefficient (Wildman–Crippen LogP) is 4.01. The zero-order valence-electron chi connectivity index (χ0n) is 14.7. The fourth-order valence-electron chi connectivity index (χ4n) is 6.58. The molecule has 1 amide bonds. The molecule has 4 heteroatoms. The number of aromatic nitrogens is 2. The van der Waals surface area contributed by atoms with Gasteiger partial charge in [0.2, 0.25) is 0 Å². The summed E-state index contributed by atoms with van der Waals surface area (Å²) in [4.78, 5) is 12.8. The largest absolute Gasteiger partial charge is 0.347 e. The lowest BCUT2D eigenvalue weighted by atomic mass is 9.47. The Bertz CT molecular complexity index is 610. The normalized spacial score (nSPS) is 38.3. The summed E-state index contributed by atoms with van der Waals surface area (Å²) < 4.78 is 0. The SMILES string of the molecule is CC[C@H](NC(=O)c1cc(C2CC2)[nH]n1)C12CC3CC(CC(C3)C1)C2. The highest BCUT2D eigenvalue weighted by Crippen LogP contribution is 2.61. The summed E-state index contributed by atoms with van der Waals surface area (Å²) in [6.07, 6.45) is 11.9. The molecule has 6 rings (SSSR count). The Balaban J connectivity index is 1.33. The molecule has 1 atom stereocenters. The van der Waals surface area contributed by atoms with Gasteiger partial charge in [0, 0.05) is 17.7 Å². The molecule has 5 fully saturated rings. The molecule has 5 saturated carbocycles. The Morgan fingerprint density at radius 2 is 1.88 bits per heavy atom. The average Bonchev–Trinajstić information content (AvgIpc) is 3.28. The van der Waals surface area contributed by atoms with Gasteiger partial charge in [-0.1, -0.05) is 6.92 Å². The van der Waals surface area contributed by atoms with E-state index >= 15 is 0 Å². The smallest absolute Gasteiger partial charge is 0.272 e. The predicted molar refractivity (Wildman–Crippen MR) is 92.7 cm³/mol. The van der Waals surface area contributed by atoms with Crippen LogP contribution in [0.25, 0.3) is 0 Å². The van der Waals surface area contributed by atoms with E-state index in [0.29, 0.717) is 23.1 Å². The minimum absolute atomic E-state index is 0.0285. The molecule has 2 N–H and O–H groups in total. The van der Waals surface area contributed by atoms with Crippen molar-refractivity contribution < 1.29 is 4.79 Å². The lowest BCUT2D eigenvalue weighted by Gasteiger charge is -2.59. The minimum atomic E-state index is 0.0285. The van der Waals surface area contributed by atoms with Crippen molar-refractivity contribution in [2.24, 2.45) is 23.2 Å². The monoisotopic (exact) mass is 327 g/mol. The summed E-state index contributed by atoms with van der Waals surface area (Å²) in [5.41, 5.74) is 2.09. The summed E-state index contributed by atoms with van der Waals surface area (Å²) in [7, 11) is 0. The highest BCUT2D eigenvalue weighted by Gasteiger charge is 2.54. The van der Waals surface area contributed by atoms with E-state index in [1.54, 1.807) is 0 Å². The lowest BCUT2D eigenvalue weighted by Crippen LogP contribution is -2.56. The van der Waals surface area contributed by atoms with Gasteiger partial charge in [-0.25, -0.2) is 0 Å². The molecule has 5 aliphatic rings. The van der Waals surface area contributed by atoms with Crippen LogP contribution in [0.1, 0.15) is 86.8 Å². The van der Waals surface area contributed by atoms with Gasteiger partial charge in [-0.2, -0.15) is 5.10 Å². The number of amides is 1. The highest BCUT2D eigenvalue weighted by atomic mass is 16.2. The Morgan fingerprint density at radius 3 is 2.42 bits per heavy atom. The summed E-state index contributed by atoms with van der Waals surface area (Å²) in [5.74, 6) is 3.42. The fourth-order valence-corrected chi connectivity index (χ4v) is 6.58. The zero-order valence-corrected chi connectivity index (χ0v) is 14.7. The van der Waals surface area contributed by atoms with Gasteiger partial charge < -0.3 is 5.32 Å². The van der Waals surface area contributed by atoms with Crippen LogP contribution in [0.15, 0.2) is 6.07 Å². The van der Waals surface area contributed by atoms with Gasteiger partial charge >= 0.3 is 0 Å². The summed E-state index contributed by atoms with van der Waals surface area (Å²) in [6, 6.07) is 2.29. The van der Waals surface area contributed by atoms with Crippen LogP contribution in [0.3, 0.4) is 0 Å². The first-order valence-corrected chi connectivity index (χ1v) is 10.0. The lowest BCUT2D eigenvalue weighted by molar-refractivity contribution is -0.0727. The molecule has 1 aromatic heterocycles. The van der Waals surface area contributed by atoms with E-state index < -0.39 is 0 Å². The number of rotatable bonds is 5. The van der Waals surface area contributed by atoms with Crippen LogP contribution in [-0.2, 0) is 0 Å². The van der Waals surface area contributed by atoms with Gasteiger partial charge in [0.25, 0.3) is 5.91 Å². The third-order valence-electron chi connectivity index (χ3n) is 7.39. The Hall–Kier alpha value is -1.32. The molecule has 4 bridgehead atoms. The Kier molecular flexibility index (Phi) is 3.33. The van der Waals surface area contributed by atoms with Crippen LogP contribution in [0.5, 0.6) is 0 Å². The second kappa shape index (κ2) is 5.34. The van der Waals surface area contributed by atoms with Gasteiger partial charge in [0.15, 0.2) is 0 Å². The van der Waals surface area contributed by atoms with Gasteiger partial charge in [0.05, 0.1) is 0 Å². The molecule has 0 radical (unpaired) electrons. The first kappa shape index (κ1) is 15.0. The van der Waals surface area contributed by atoms with Crippen LogP contribution in [0.4, 0.5) is 0 Å². The number of nitrogens with one attached hydrogen (secondary N) is 2. The minimum Gasteiger partial charge on any atom is -0.347 e. The van der Waals surface area contributed by atoms with E-state index in [1.807, 2.05) is 6.07 Å². The van der Waals surface area contributed by atoms with Crippen molar-refractivity contribution in [1.82, 2.24) is 15.5 Å². The number of hydrogen-bond donors (Lipinski definition) is 2. The van der Waals surface area contributed by atoms with Crippen LogP contribution in [0.2, 0.25) is 0 Å². The Labute approximate surface area is 144 Å². The molecule has 0 aromatic carbocycles. The van der Waals surface area contributed by atoms with E-state index in [2.05, 4.69) is 22.4 Å². The molecular formula is C20H29N3O. The van der Waals surface area contributed by atoms with Crippen LogP contribution in [-0.4, -0.2) is 22.1 Å². The topological polar surface area (TPSA) is 57.8 Å². The highest BCUT2D eigenvalue weighted by molar-refractivity contribution is 5.92. The van der Waals surface area contributed by atoms with Gasteiger partial charge in [-0.05, 0) is 87.0 Å². The van der Waals surface area contributed by atoms with Crippen molar-refractivity contribution in [3.05, 3.63) is 17.5 Å². The quantitative estimate of drug-likeness (QED) is 0.858. The summed E-state index contributed by atoms with van der Waals surface area (Å²) in [6.45, 7) is 2.24. The number of carbonyl (C=O) groups is 1. The molecule has 4 nitrogen and oxygen atoms in total. The third-order valence-corrected chi connectivity index (χ3v) is 7.39. The standard InChI is InChI=1S/C20H29N3O/c1-2-18(20-9-12-5-13(10-20)7-14(6-12)11-20)21-19(24)17-8-16(22-23-17)15-3-4-15/h8,12-15,18H,2-7,9-11H2,1H3,(H,21,24)(H,22,23)/t12?,13?,14?,18-,20?/m0/s1. The summed E-state index contributed by atoms with van der Waals surface area (Å²) in [5, 5.41) is 10.7. The van der Waals surface area contributed by atoms with E-state index in [4.69, 9.17) is 0 Å². The second-order valence-corrected chi connectivity index (χ2v) is 9.20. The van der Waals surface area contributed by atoms with Gasteiger partial charge in [-0.15, -0.1) is 0 Å². The zero-order chi connectivity index (χ0) is 16.3. The summed E-state index contributed by atoms with van der Waals surface area (Å²) >= 11 is 0. The molecule has 1 heterocycles. The molecule has 5 aliphatic carbocycles. The van der Waals surface area contributed by atoms with E-state index in [9.17, 15) is 4.79 Å². The molecule has 0 aliphatic heterocycles. The number of aromatic amines is 1. The number of H-pyrrole nitrogens is 1. The molecular weight excluding hydrogens is 298 g/mol. The third kappa shape index (κ3) is 2.41. The molecule has 0 spiro atoms. The molecule has 1 aromatic rings. The maximum atomic E-state index is 12.8. The number of hydrogen-bond acceptors (Lipinski definition) is 2. The molecule has 0 saturated heterocycles. The average molecular weight is 327 g/mol. The van der Waals surface area contributed by atoms with E-state index in [1.165, 1.54) is 51.4 Å². The van der Waals surface area contributed by atoms with Crippen molar-refractivity contribution in [2.75, 3.05) is 0 Å². The van der Waals surface area contributed by atoms with E-state index in [0.717, 1.165) is 29.9 Å². The number of nitrogens with zero attached hydrogens (tertiary/aromatic N) is 1. The Morgan fingerprint density at radius 1 is 1.25 bits per heavy atom. The first-order valence-electron chi connectivity index (χ1n) is 10.0. The fraction of sp³-hybridized carbons (Fsp3) is 0.800. The van der Waals surface area contributed by atoms with Crippen LogP contribution >= 0.6 is 0 Å².